The number of hydrogen-bond donors (Lipinski definition) is 0. The number of carbonyl (C=O) groups excluding carboxylic acids is 2. The molecule has 2 aromatic rings. The molecule has 0 atom stereocenters. The van der Waals surface area contributed by atoms with Crippen LogP contribution in [0, 0.1) is 3.77 Å². The number of carbonyl (C=O) groups is 2. The van der Waals surface area contributed by atoms with E-state index in [1.165, 1.54) is 4.90 Å². The lowest BCUT2D eigenvalue weighted by molar-refractivity contribution is -0.123. The molecule has 3 rings (SSSR count). The Morgan fingerprint density at radius 3 is 2.61 bits per heavy atom. The Morgan fingerprint density at radius 2 is 1.96 bits per heavy atom. The van der Waals surface area contributed by atoms with E-state index in [1.54, 1.807) is 36.4 Å². The van der Waals surface area contributed by atoms with Gasteiger partial charge in [0, 0.05) is 6.08 Å². The third-order valence-corrected chi connectivity index (χ3v) is 5.29. The predicted octanol–water partition coefficient (Wildman–Crippen LogP) is 5.43. The summed E-state index contributed by atoms with van der Waals surface area (Å²) in [5.41, 5.74) is 0.732. The van der Waals surface area contributed by atoms with Crippen molar-refractivity contribution >= 4 is 74.8 Å². The number of amides is 2. The van der Waals surface area contributed by atoms with Gasteiger partial charge in [-0.05, 0) is 64.2 Å². The molecule has 0 bridgehead atoms. The Kier molecular flexibility index (Phi) is 5.05. The van der Waals surface area contributed by atoms with Crippen LogP contribution in [0.25, 0.3) is 6.08 Å². The van der Waals surface area contributed by atoms with Gasteiger partial charge in [-0.2, -0.15) is 0 Å². The van der Waals surface area contributed by atoms with Gasteiger partial charge in [-0.25, -0.2) is 0 Å². The monoisotopic (exact) mass is 479 g/mol. The van der Waals surface area contributed by atoms with Gasteiger partial charge in [0.2, 0.25) is 0 Å². The van der Waals surface area contributed by atoms with Crippen LogP contribution in [0.4, 0.5) is 4.79 Å². The topological polar surface area (TPSA) is 50.5 Å². The molecule has 1 fully saturated rings. The number of thioether (sulfide) groups is 1. The van der Waals surface area contributed by atoms with Gasteiger partial charge in [0.05, 0.1) is 21.5 Å². The second kappa shape index (κ2) is 6.88. The van der Waals surface area contributed by atoms with E-state index in [0.29, 0.717) is 24.5 Å². The van der Waals surface area contributed by atoms with Crippen molar-refractivity contribution in [3.05, 3.63) is 60.4 Å². The number of furan rings is 1. The highest BCUT2D eigenvalue weighted by Crippen LogP contribution is 2.34. The van der Waals surface area contributed by atoms with Crippen molar-refractivity contribution in [1.82, 2.24) is 4.90 Å². The quantitative estimate of drug-likeness (QED) is 0.435. The molecule has 23 heavy (non-hydrogen) atoms. The first-order chi connectivity index (χ1) is 10.9. The van der Waals surface area contributed by atoms with Crippen molar-refractivity contribution in [3.8, 4) is 0 Å². The summed E-state index contributed by atoms with van der Waals surface area (Å²) >= 11 is 14.7. The molecule has 1 saturated heterocycles. The Morgan fingerprint density at radius 1 is 1.17 bits per heavy atom. The van der Waals surface area contributed by atoms with Gasteiger partial charge in [-0.15, -0.1) is 0 Å². The summed E-state index contributed by atoms with van der Waals surface area (Å²) < 4.78 is 6.11. The van der Waals surface area contributed by atoms with E-state index in [-0.39, 0.29) is 17.7 Å². The number of nitrogens with zero attached hydrogens (tertiary/aromatic N) is 1. The maximum atomic E-state index is 12.4. The molecule has 2 heterocycles. The fourth-order valence-electron chi connectivity index (χ4n) is 1.99. The van der Waals surface area contributed by atoms with Crippen LogP contribution in [0.2, 0.25) is 10.0 Å². The fraction of sp³-hybridized carbons (Fsp3) is 0.0667. The first-order valence-corrected chi connectivity index (χ1v) is 9.04. The predicted molar refractivity (Wildman–Crippen MR) is 99.4 cm³/mol. The number of benzene rings is 1. The third kappa shape index (κ3) is 3.76. The smallest absolute Gasteiger partial charge is 0.293 e. The highest BCUT2D eigenvalue weighted by molar-refractivity contribution is 14.1. The van der Waals surface area contributed by atoms with Gasteiger partial charge in [0.25, 0.3) is 11.1 Å². The molecule has 1 aromatic carbocycles. The molecule has 2 amide bonds. The minimum atomic E-state index is -0.350. The molecule has 0 radical (unpaired) electrons. The lowest BCUT2D eigenvalue weighted by atomic mass is 10.2. The fourth-order valence-corrected chi connectivity index (χ4v) is 3.57. The molecular formula is C15H8Cl2INO3S. The molecule has 1 aliphatic heterocycles. The molecule has 0 N–H and O–H groups in total. The van der Waals surface area contributed by atoms with Crippen LogP contribution in [0.5, 0.6) is 0 Å². The SMILES string of the molecule is O=C1SC(=Cc2ccc(I)o2)C(=O)N1Cc1ccc(Cl)c(Cl)c1. The third-order valence-electron chi connectivity index (χ3n) is 3.07. The number of rotatable bonds is 3. The Labute approximate surface area is 159 Å². The molecule has 0 unspecified atom stereocenters. The standard InChI is InChI=1S/C15H8Cl2INO3S/c16-10-3-1-8(5-11(10)17)7-19-14(20)12(23-15(19)21)6-9-2-4-13(18)22-9/h1-6H,7H2. The van der Waals surface area contributed by atoms with E-state index >= 15 is 0 Å². The van der Waals surface area contributed by atoms with E-state index in [2.05, 4.69) is 0 Å². The Balaban J connectivity index is 1.81. The zero-order valence-electron chi connectivity index (χ0n) is 11.4. The van der Waals surface area contributed by atoms with E-state index in [4.69, 9.17) is 27.6 Å². The van der Waals surface area contributed by atoms with Crippen LogP contribution in [0.15, 0.2) is 39.7 Å². The summed E-state index contributed by atoms with van der Waals surface area (Å²) in [6.45, 7) is 0.147. The van der Waals surface area contributed by atoms with Crippen LogP contribution in [0.1, 0.15) is 11.3 Å². The van der Waals surface area contributed by atoms with E-state index in [9.17, 15) is 9.59 Å². The molecular weight excluding hydrogens is 472 g/mol. The van der Waals surface area contributed by atoms with Crippen molar-refractivity contribution in [2.75, 3.05) is 0 Å². The van der Waals surface area contributed by atoms with Crippen LogP contribution < -0.4 is 0 Å². The Hall–Kier alpha value is -0.960. The highest BCUT2D eigenvalue weighted by atomic mass is 127. The zero-order valence-corrected chi connectivity index (χ0v) is 15.9. The van der Waals surface area contributed by atoms with Gasteiger partial charge in [-0.1, -0.05) is 29.3 Å². The van der Waals surface area contributed by atoms with Crippen LogP contribution in [-0.4, -0.2) is 16.0 Å². The summed E-state index contributed by atoms with van der Waals surface area (Å²) in [6, 6.07) is 8.54. The van der Waals surface area contributed by atoms with Crippen molar-refractivity contribution < 1.29 is 14.0 Å². The zero-order chi connectivity index (χ0) is 16.6. The summed E-state index contributed by atoms with van der Waals surface area (Å²) in [7, 11) is 0. The van der Waals surface area contributed by atoms with Crippen LogP contribution in [-0.2, 0) is 11.3 Å². The number of imide groups is 1. The van der Waals surface area contributed by atoms with Crippen molar-refractivity contribution in [2.24, 2.45) is 0 Å². The van der Waals surface area contributed by atoms with Crippen LogP contribution >= 0.6 is 57.6 Å². The Bertz CT molecular complexity index is 834. The largest absolute Gasteiger partial charge is 0.451 e. The van der Waals surface area contributed by atoms with Crippen LogP contribution in [0.3, 0.4) is 0 Å². The van der Waals surface area contributed by atoms with Gasteiger partial charge in [-0.3, -0.25) is 14.5 Å². The minimum absolute atomic E-state index is 0.147. The highest BCUT2D eigenvalue weighted by Gasteiger charge is 2.35. The first-order valence-electron chi connectivity index (χ1n) is 6.38. The second-order valence-corrected chi connectivity index (χ2v) is 7.53. The number of halogens is 3. The number of hydrogen-bond acceptors (Lipinski definition) is 4. The molecule has 0 saturated carbocycles. The maximum Gasteiger partial charge on any atom is 0.293 e. The van der Waals surface area contributed by atoms with Gasteiger partial charge in [0.15, 0.2) is 3.77 Å². The molecule has 1 aliphatic rings. The van der Waals surface area contributed by atoms with Crippen molar-refractivity contribution in [2.45, 2.75) is 6.54 Å². The lowest BCUT2D eigenvalue weighted by Gasteiger charge is -2.12. The molecule has 0 aliphatic carbocycles. The summed E-state index contributed by atoms with van der Waals surface area (Å²) in [5.74, 6) is 0.187. The minimum Gasteiger partial charge on any atom is -0.451 e. The van der Waals surface area contributed by atoms with E-state index < -0.39 is 0 Å². The van der Waals surface area contributed by atoms with E-state index in [0.717, 1.165) is 17.3 Å². The van der Waals surface area contributed by atoms with Gasteiger partial charge >= 0.3 is 0 Å². The molecule has 4 nitrogen and oxygen atoms in total. The average Bonchev–Trinajstić information content (AvgIpc) is 3.02. The van der Waals surface area contributed by atoms with E-state index in [1.807, 2.05) is 22.6 Å². The molecule has 1 aromatic heterocycles. The van der Waals surface area contributed by atoms with Crippen molar-refractivity contribution in [1.29, 1.82) is 0 Å². The summed E-state index contributed by atoms with van der Waals surface area (Å²) in [5, 5.41) is 0.488. The van der Waals surface area contributed by atoms with Gasteiger partial charge < -0.3 is 4.42 Å². The van der Waals surface area contributed by atoms with Gasteiger partial charge in [0.1, 0.15) is 5.76 Å². The second-order valence-electron chi connectivity index (χ2n) is 4.66. The van der Waals surface area contributed by atoms with Crippen molar-refractivity contribution in [3.63, 3.8) is 0 Å². The average molecular weight is 480 g/mol. The maximum absolute atomic E-state index is 12.4. The summed E-state index contributed by atoms with van der Waals surface area (Å²) in [4.78, 5) is 26.0. The lowest BCUT2D eigenvalue weighted by Crippen LogP contribution is -2.27. The molecule has 0 spiro atoms. The molecule has 8 heteroatoms. The first kappa shape index (κ1) is 16.9. The molecule has 118 valence electrons. The summed E-state index contributed by atoms with van der Waals surface area (Å²) in [6.07, 6.45) is 1.57. The normalized spacial score (nSPS) is 16.7.